The number of hydrogen-bond acceptors (Lipinski definition) is 4. The second-order valence-corrected chi connectivity index (χ2v) is 6.51. The zero-order chi connectivity index (χ0) is 15.0. The molecule has 2 fully saturated rings. The maximum Gasteiger partial charge on any atom is 0.257 e. The molecule has 3 heterocycles. The topological polar surface area (TPSA) is 56.7 Å². The molecule has 1 aromatic heterocycles. The van der Waals surface area contributed by atoms with Crippen LogP contribution < -0.4 is 4.90 Å². The summed E-state index contributed by atoms with van der Waals surface area (Å²) in [5, 5.41) is 10.4. The van der Waals surface area contributed by atoms with Gasteiger partial charge in [-0.25, -0.2) is 4.98 Å². The summed E-state index contributed by atoms with van der Waals surface area (Å²) in [6.45, 7) is 6.80. The molecule has 2 aliphatic heterocycles. The van der Waals surface area contributed by atoms with Crippen LogP contribution in [0.1, 0.15) is 37.0 Å². The molecule has 3 rings (SSSR count). The fourth-order valence-electron chi connectivity index (χ4n) is 3.20. The molecule has 2 saturated heterocycles. The van der Waals surface area contributed by atoms with E-state index < -0.39 is 5.60 Å². The van der Waals surface area contributed by atoms with Gasteiger partial charge in [-0.2, -0.15) is 0 Å². The van der Waals surface area contributed by atoms with Crippen molar-refractivity contribution in [3.8, 4) is 0 Å². The first kappa shape index (κ1) is 14.3. The molecule has 0 aromatic carbocycles. The number of carbonyl (C=O) groups is 1. The minimum Gasteiger partial charge on any atom is -0.388 e. The molecule has 0 radical (unpaired) electrons. The predicted octanol–water partition coefficient (Wildman–Crippen LogP) is 1.52. The quantitative estimate of drug-likeness (QED) is 0.897. The van der Waals surface area contributed by atoms with Crippen LogP contribution in [0.4, 0.5) is 5.82 Å². The highest BCUT2D eigenvalue weighted by Crippen LogP contribution is 2.32. The summed E-state index contributed by atoms with van der Waals surface area (Å²) in [5.74, 6) is 0.933. The molecule has 0 unspecified atom stereocenters. The molecule has 1 aromatic rings. The number of aliphatic hydroxyl groups is 1. The van der Waals surface area contributed by atoms with E-state index in [0.717, 1.165) is 32.5 Å². The second kappa shape index (κ2) is 5.30. The smallest absolute Gasteiger partial charge is 0.257 e. The summed E-state index contributed by atoms with van der Waals surface area (Å²) < 4.78 is 0. The van der Waals surface area contributed by atoms with Crippen molar-refractivity contribution in [2.45, 2.75) is 32.3 Å². The number of amides is 1. The van der Waals surface area contributed by atoms with E-state index in [2.05, 4.69) is 4.98 Å². The van der Waals surface area contributed by atoms with Crippen molar-refractivity contribution in [1.29, 1.82) is 0 Å². The number of pyridine rings is 1. The van der Waals surface area contributed by atoms with Crippen molar-refractivity contribution in [3.63, 3.8) is 0 Å². The number of likely N-dealkylation sites (tertiary alicyclic amines) is 1. The molecule has 1 amide bonds. The van der Waals surface area contributed by atoms with Crippen molar-refractivity contribution < 1.29 is 9.90 Å². The Balaban J connectivity index is 1.88. The van der Waals surface area contributed by atoms with Crippen LogP contribution in [0.3, 0.4) is 0 Å². The Morgan fingerprint density at radius 3 is 2.76 bits per heavy atom. The van der Waals surface area contributed by atoms with E-state index in [-0.39, 0.29) is 11.8 Å². The molecule has 0 aliphatic carbocycles. The predicted molar refractivity (Wildman–Crippen MR) is 81.4 cm³/mol. The van der Waals surface area contributed by atoms with Gasteiger partial charge < -0.3 is 14.9 Å². The van der Waals surface area contributed by atoms with Gasteiger partial charge in [0.1, 0.15) is 5.82 Å². The highest BCUT2D eigenvalue weighted by molar-refractivity contribution is 5.99. The SMILES string of the molecule is C[C@@H]1CN(c2ncccc2C(=O)N2CCCC2)C[C@]1(C)O. The third kappa shape index (κ3) is 2.62. The maximum absolute atomic E-state index is 12.7. The van der Waals surface area contributed by atoms with Crippen LogP contribution in [0.5, 0.6) is 0 Å². The first-order chi connectivity index (χ1) is 9.99. The fourth-order valence-corrected chi connectivity index (χ4v) is 3.20. The number of hydrogen-bond donors (Lipinski definition) is 1. The van der Waals surface area contributed by atoms with Gasteiger partial charge >= 0.3 is 0 Å². The standard InChI is InChI=1S/C16H23N3O2/c1-12-10-19(11-16(12,2)21)14-13(6-5-7-17-14)15(20)18-8-3-4-9-18/h5-7,12,21H,3-4,8-11H2,1-2H3/t12-,16+/m1/s1. The van der Waals surface area contributed by atoms with Crippen molar-refractivity contribution in [1.82, 2.24) is 9.88 Å². The molecule has 114 valence electrons. The summed E-state index contributed by atoms with van der Waals surface area (Å²) in [6.07, 6.45) is 3.88. The molecule has 2 atom stereocenters. The van der Waals surface area contributed by atoms with Crippen LogP contribution in [0.15, 0.2) is 18.3 Å². The fraction of sp³-hybridized carbons (Fsp3) is 0.625. The minimum absolute atomic E-state index is 0.0646. The highest BCUT2D eigenvalue weighted by Gasteiger charge is 2.40. The van der Waals surface area contributed by atoms with Gasteiger partial charge in [-0.15, -0.1) is 0 Å². The van der Waals surface area contributed by atoms with Gasteiger partial charge in [0.25, 0.3) is 5.91 Å². The maximum atomic E-state index is 12.7. The number of β-amino-alcohol motifs (C(OH)–C–C–N with tert-alkyl or cyclic N) is 1. The summed E-state index contributed by atoms with van der Waals surface area (Å²) in [6, 6.07) is 3.66. The van der Waals surface area contributed by atoms with Crippen LogP contribution >= 0.6 is 0 Å². The number of carbonyl (C=O) groups excluding carboxylic acids is 1. The second-order valence-electron chi connectivity index (χ2n) is 6.51. The van der Waals surface area contributed by atoms with E-state index in [1.807, 2.05) is 35.8 Å². The third-order valence-electron chi connectivity index (χ3n) is 4.78. The van der Waals surface area contributed by atoms with E-state index in [4.69, 9.17) is 0 Å². The lowest BCUT2D eigenvalue weighted by atomic mass is 9.95. The van der Waals surface area contributed by atoms with Gasteiger partial charge in [0.15, 0.2) is 0 Å². The van der Waals surface area contributed by atoms with Gasteiger partial charge in [-0.1, -0.05) is 6.92 Å². The molecule has 0 bridgehead atoms. The van der Waals surface area contributed by atoms with Crippen molar-refractivity contribution in [2.75, 3.05) is 31.1 Å². The number of nitrogens with zero attached hydrogens (tertiary/aromatic N) is 3. The average Bonchev–Trinajstić information content (AvgIpc) is 3.07. The van der Waals surface area contributed by atoms with Gasteiger partial charge in [-0.3, -0.25) is 4.79 Å². The van der Waals surface area contributed by atoms with Crippen molar-refractivity contribution >= 4 is 11.7 Å². The Bertz CT molecular complexity index is 538. The number of anilines is 1. The lowest BCUT2D eigenvalue weighted by Crippen LogP contribution is -2.34. The average molecular weight is 289 g/mol. The minimum atomic E-state index is -0.731. The summed E-state index contributed by atoms with van der Waals surface area (Å²) in [5.41, 5.74) is -0.0739. The third-order valence-corrected chi connectivity index (χ3v) is 4.78. The Morgan fingerprint density at radius 1 is 1.43 bits per heavy atom. The number of aromatic nitrogens is 1. The molecule has 5 heteroatoms. The van der Waals surface area contributed by atoms with Gasteiger partial charge in [0, 0.05) is 38.3 Å². The van der Waals surface area contributed by atoms with E-state index in [1.165, 1.54) is 0 Å². The van der Waals surface area contributed by atoms with Crippen LogP contribution in [0, 0.1) is 5.92 Å². The largest absolute Gasteiger partial charge is 0.388 e. The van der Waals surface area contributed by atoms with Gasteiger partial charge in [-0.05, 0) is 31.9 Å². The van der Waals surface area contributed by atoms with Crippen molar-refractivity contribution in [2.24, 2.45) is 5.92 Å². The van der Waals surface area contributed by atoms with Crippen LogP contribution in [0.25, 0.3) is 0 Å². The molecule has 21 heavy (non-hydrogen) atoms. The Labute approximate surface area is 125 Å². The van der Waals surface area contributed by atoms with Crippen LogP contribution in [0.2, 0.25) is 0 Å². The lowest BCUT2D eigenvalue weighted by molar-refractivity contribution is 0.0442. The normalized spacial score (nSPS) is 29.2. The Hall–Kier alpha value is -1.62. The number of rotatable bonds is 2. The lowest BCUT2D eigenvalue weighted by Gasteiger charge is -2.24. The molecule has 1 N–H and O–H groups in total. The zero-order valence-corrected chi connectivity index (χ0v) is 12.7. The monoisotopic (exact) mass is 289 g/mol. The Kier molecular flexibility index (Phi) is 3.61. The molecule has 5 nitrogen and oxygen atoms in total. The van der Waals surface area contributed by atoms with E-state index in [9.17, 15) is 9.90 Å². The molecular weight excluding hydrogens is 266 g/mol. The summed E-state index contributed by atoms with van der Waals surface area (Å²) >= 11 is 0. The molecular formula is C16H23N3O2. The van der Waals surface area contributed by atoms with E-state index in [0.29, 0.717) is 17.9 Å². The first-order valence-electron chi connectivity index (χ1n) is 7.70. The molecule has 0 saturated carbocycles. The first-order valence-corrected chi connectivity index (χ1v) is 7.70. The van der Waals surface area contributed by atoms with E-state index in [1.54, 1.807) is 6.20 Å². The van der Waals surface area contributed by atoms with Crippen molar-refractivity contribution in [3.05, 3.63) is 23.9 Å². The summed E-state index contributed by atoms with van der Waals surface area (Å²) in [4.78, 5) is 21.0. The molecule has 0 spiro atoms. The van der Waals surface area contributed by atoms with Gasteiger partial charge in [0.05, 0.1) is 11.2 Å². The summed E-state index contributed by atoms with van der Waals surface area (Å²) in [7, 11) is 0. The molecule has 2 aliphatic rings. The Morgan fingerprint density at radius 2 is 2.14 bits per heavy atom. The van der Waals surface area contributed by atoms with E-state index >= 15 is 0 Å². The zero-order valence-electron chi connectivity index (χ0n) is 12.7. The highest BCUT2D eigenvalue weighted by atomic mass is 16.3. The van der Waals surface area contributed by atoms with Crippen LogP contribution in [-0.4, -0.2) is 52.7 Å². The van der Waals surface area contributed by atoms with Crippen LogP contribution in [-0.2, 0) is 0 Å². The van der Waals surface area contributed by atoms with Gasteiger partial charge in [0.2, 0.25) is 0 Å².